The van der Waals surface area contributed by atoms with Crippen molar-refractivity contribution in [2.45, 2.75) is 32.9 Å². The molecule has 0 radical (unpaired) electrons. The average Bonchev–Trinajstić information content (AvgIpc) is 3.54. The number of aryl methyl sites for hydroxylation is 2. The number of allylic oxidation sites excluding steroid dienone is 1. The number of hydrogen-bond donors (Lipinski definition) is 3. The van der Waals surface area contributed by atoms with Crippen LogP contribution < -0.4 is 16.4 Å². The highest BCUT2D eigenvalue weighted by Gasteiger charge is 2.21. The summed E-state index contributed by atoms with van der Waals surface area (Å²) < 4.78 is 4.18. The lowest BCUT2D eigenvalue weighted by atomic mass is 10.0. The Labute approximate surface area is 206 Å². The Bertz CT molecular complexity index is 1690. The van der Waals surface area contributed by atoms with Gasteiger partial charge in [0.1, 0.15) is 17.5 Å². The molecule has 0 aromatic carbocycles. The molecule has 4 N–H and O–H groups in total. The number of rotatable bonds is 3. The molecule has 2 aliphatic heterocycles. The Morgan fingerprint density at radius 3 is 2.94 bits per heavy atom. The average molecular weight is 477 g/mol. The fourth-order valence-electron chi connectivity index (χ4n) is 5.07. The fraction of sp³-hybridized carbons (Fsp3) is 0.192. The summed E-state index contributed by atoms with van der Waals surface area (Å²) in [4.78, 5) is 18.3. The summed E-state index contributed by atoms with van der Waals surface area (Å²) in [6.45, 7) is 7.64. The molecular formula is C26H24N10. The molecule has 7 rings (SSSR count). The van der Waals surface area contributed by atoms with E-state index in [2.05, 4.69) is 54.7 Å². The van der Waals surface area contributed by atoms with Gasteiger partial charge in [-0.3, -0.25) is 9.67 Å². The highest BCUT2D eigenvalue weighted by molar-refractivity contribution is 5.95. The summed E-state index contributed by atoms with van der Waals surface area (Å²) in [5.74, 6) is 2.89. The molecule has 0 bridgehead atoms. The minimum absolute atomic E-state index is 0.433. The number of nitrogens with two attached hydrogens (primary N) is 1. The molecule has 2 aliphatic rings. The Kier molecular flexibility index (Phi) is 4.38. The molecule has 0 saturated carbocycles. The van der Waals surface area contributed by atoms with Gasteiger partial charge in [-0.15, -0.1) is 0 Å². The Morgan fingerprint density at radius 2 is 2.03 bits per heavy atom. The normalized spacial score (nSPS) is 14.2. The Morgan fingerprint density at radius 1 is 1.11 bits per heavy atom. The Balaban J connectivity index is 1.22. The van der Waals surface area contributed by atoms with Crippen LogP contribution in [0, 0.1) is 6.92 Å². The van der Waals surface area contributed by atoms with E-state index in [1.807, 2.05) is 35.4 Å². The first-order chi connectivity index (χ1) is 17.5. The zero-order valence-electron chi connectivity index (χ0n) is 19.8. The van der Waals surface area contributed by atoms with E-state index < -0.39 is 0 Å². The van der Waals surface area contributed by atoms with Crippen LogP contribution in [0.1, 0.15) is 22.8 Å². The Hall–Kier alpha value is -4.73. The number of imidazole rings is 1. The number of nitrogens with one attached hydrogen (secondary N) is 2. The van der Waals surface area contributed by atoms with E-state index in [4.69, 9.17) is 10.8 Å². The van der Waals surface area contributed by atoms with E-state index in [1.54, 1.807) is 6.20 Å². The van der Waals surface area contributed by atoms with Gasteiger partial charge in [-0.05, 0) is 30.0 Å². The largest absolute Gasteiger partial charge is 0.383 e. The molecule has 0 atom stereocenters. The van der Waals surface area contributed by atoms with Crippen LogP contribution in [0.2, 0.25) is 0 Å². The second kappa shape index (κ2) is 7.64. The van der Waals surface area contributed by atoms with Gasteiger partial charge in [0, 0.05) is 72.6 Å². The lowest BCUT2D eigenvalue weighted by Gasteiger charge is -2.12. The van der Waals surface area contributed by atoms with Crippen molar-refractivity contribution in [2.24, 2.45) is 0 Å². The summed E-state index contributed by atoms with van der Waals surface area (Å²) in [5, 5.41) is 13.2. The molecule has 0 unspecified atom stereocenters. The van der Waals surface area contributed by atoms with Gasteiger partial charge in [0.05, 0.1) is 23.6 Å². The molecule has 7 heterocycles. The quantitative estimate of drug-likeness (QED) is 0.359. The molecular weight excluding hydrogens is 452 g/mol. The van der Waals surface area contributed by atoms with Crippen molar-refractivity contribution in [3.8, 4) is 11.3 Å². The maximum Gasteiger partial charge on any atom is 0.153 e. The van der Waals surface area contributed by atoms with Crippen molar-refractivity contribution in [3.05, 3.63) is 78.0 Å². The van der Waals surface area contributed by atoms with E-state index >= 15 is 0 Å². The van der Waals surface area contributed by atoms with Crippen molar-refractivity contribution >= 4 is 33.9 Å². The smallest absolute Gasteiger partial charge is 0.153 e. The van der Waals surface area contributed by atoms with Crippen molar-refractivity contribution < 1.29 is 0 Å². The summed E-state index contributed by atoms with van der Waals surface area (Å²) in [6, 6.07) is 6.08. The van der Waals surface area contributed by atoms with Gasteiger partial charge < -0.3 is 20.9 Å². The third-order valence-electron chi connectivity index (χ3n) is 6.94. The molecule has 10 heteroatoms. The zero-order valence-corrected chi connectivity index (χ0v) is 19.8. The molecule has 36 heavy (non-hydrogen) atoms. The maximum absolute atomic E-state index is 6.35. The summed E-state index contributed by atoms with van der Waals surface area (Å²) in [7, 11) is 0. The minimum Gasteiger partial charge on any atom is -0.383 e. The minimum atomic E-state index is 0.433. The van der Waals surface area contributed by atoms with Crippen molar-refractivity contribution in [2.75, 3.05) is 16.4 Å². The SMILES string of the molecule is C=C1Cc2ncc(-c3cc4cc(Nc5cc6n(n5)Cc5nccn5CC6)ncc4c(N)n3)c(C)c2N1. The van der Waals surface area contributed by atoms with Gasteiger partial charge in [0.25, 0.3) is 0 Å². The standard InChI is InChI=1S/C26H24N10/c1-14-7-21-25(31-14)15(2)18(11-29-21)20-8-16-9-22(30-12-19(16)26(27)32-20)33-23-10-17-3-5-35-6-4-28-24(35)13-36(17)34-23/h4,6,8-12,31H,1,3,5,7,13H2,2H3,(H2,27,32)(H,30,33,34). The van der Waals surface area contributed by atoms with Gasteiger partial charge in [0.2, 0.25) is 0 Å². The molecule has 10 nitrogen and oxygen atoms in total. The van der Waals surface area contributed by atoms with E-state index in [-0.39, 0.29) is 0 Å². The summed E-state index contributed by atoms with van der Waals surface area (Å²) in [6.07, 6.45) is 9.11. The van der Waals surface area contributed by atoms with Crippen LogP contribution in [-0.4, -0.2) is 34.3 Å². The van der Waals surface area contributed by atoms with Crippen molar-refractivity contribution in [3.63, 3.8) is 0 Å². The molecule has 0 amide bonds. The highest BCUT2D eigenvalue weighted by atomic mass is 15.3. The summed E-state index contributed by atoms with van der Waals surface area (Å²) >= 11 is 0. The lowest BCUT2D eigenvalue weighted by molar-refractivity contribution is 0.641. The van der Waals surface area contributed by atoms with Gasteiger partial charge >= 0.3 is 0 Å². The van der Waals surface area contributed by atoms with Gasteiger partial charge in [0.15, 0.2) is 5.82 Å². The number of nitrogen functional groups attached to an aromatic ring is 1. The fourth-order valence-corrected chi connectivity index (χ4v) is 5.07. The van der Waals surface area contributed by atoms with E-state index in [9.17, 15) is 0 Å². The number of anilines is 4. The van der Waals surface area contributed by atoms with Crippen LogP contribution in [0.5, 0.6) is 0 Å². The van der Waals surface area contributed by atoms with Crippen LogP contribution in [0.25, 0.3) is 22.0 Å². The van der Waals surface area contributed by atoms with Crippen LogP contribution in [0.15, 0.2) is 55.3 Å². The third kappa shape index (κ3) is 3.29. The highest BCUT2D eigenvalue weighted by Crippen LogP contribution is 2.36. The molecule has 178 valence electrons. The van der Waals surface area contributed by atoms with Crippen molar-refractivity contribution in [1.29, 1.82) is 0 Å². The van der Waals surface area contributed by atoms with Crippen LogP contribution in [0.3, 0.4) is 0 Å². The lowest BCUT2D eigenvalue weighted by Crippen LogP contribution is -2.06. The van der Waals surface area contributed by atoms with Crippen LogP contribution in [0.4, 0.5) is 23.1 Å². The second-order valence-corrected chi connectivity index (χ2v) is 9.30. The van der Waals surface area contributed by atoms with E-state index in [0.717, 1.165) is 81.4 Å². The first-order valence-electron chi connectivity index (χ1n) is 11.9. The number of aromatic nitrogens is 7. The molecule has 0 aliphatic carbocycles. The van der Waals surface area contributed by atoms with Crippen molar-refractivity contribution in [1.82, 2.24) is 34.3 Å². The van der Waals surface area contributed by atoms with Gasteiger partial charge in [-0.1, -0.05) is 6.58 Å². The molecule has 5 aromatic heterocycles. The third-order valence-corrected chi connectivity index (χ3v) is 6.94. The first-order valence-corrected chi connectivity index (χ1v) is 11.9. The van der Waals surface area contributed by atoms with Gasteiger partial charge in [-0.25, -0.2) is 15.0 Å². The topological polar surface area (TPSA) is 124 Å². The second-order valence-electron chi connectivity index (χ2n) is 9.30. The van der Waals surface area contributed by atoms with Crippen LogP contribution >= 0.6 is 0 Å². The summed E-state index contributed by atoms with van der Waals surface area (Å²) in [5.41, 5.74) is 13.3. The molecule has 0 fully saturated rings. The monoisotopic (exact) mass is 476 g/mol. The number of nitrogens with zero attached hydrogens (tertiary/aromatic N) is 7. The first kappa shape index (κ1) is 20.6. The zero-order chi connectivity index (χ0) is 24.4. The predicted octanol–water partition coefficient (Wildman–Crippen LogP) is 3.81. The predicted molar refractivity (Wildman–Crippen MR) is 139 cm³/mol. The number of pyridine rings is 3. The number of hydrogen-bond acceptors (Lipinski definition) is 8. The van der Waals surface area contributed by atoms with E-state index in [1.165, 1.54) is 0 Å². The molecule has 5 aromatic rings. The van der Waals surface area contributed by atoms with Crippen LogP contribution in [-0.2, 0) is 25.9 Å². The molecule has 0 spiro atoms. The maximum atomic E-state index is 6.35. The number of fused-ring (bicyclic) bond motifs is 4. The van der Waals surface area contributed by atoms with E-state index in [0.29, 0.717) is 18.2 Å². The molecule has 0 saturated heterocycles. The van der Waals surface area contributed by atoms with Gasteiger partial charge in [-0.2, -0.15) is 5.10 Å².